The van der Waals surface area contributed by atoms with Gasteiger partial charge in [0.1, 0.15) is 5.75 Å². The Hall–Kier alpha value is -2.20. The Kier molecular flexibility index (Phi) is 6.84. The molecule has 0 aliphatic carbocycles. The molecule has 0 fully saturated rings. The van der Waals surface area contributed by atoms with Crippen LogP contribution in [0.1, 0.15) is 28.4 Å². The predicted molar refractivity (Wildman–Crippen MR) is 116 cm³/mol. The van der Waals surface area contributed by atoms with Gasteiger partial charge in [0.15, 0.2) is 5.78 Å². The van der Waals surface area contributed by atoms with Crippen molar-refractivity contribution in [2.24, 2.45) is 0 Å². The number of ether oxygens (including phenoxy) is 1. The van der Waals surface area contributed by atoms with Crippen molar-refractivity contribution in [3.63, 3.8) is 0 Å². The molecule has 28 heavy (non-hydrogen) atoms. The maximum absolute atomic E-state index is 12.9. The first kappa shape index (κ1) is 20.5. The van der Waals surface area contributed by atoms with E-state index >= 15 is 0 Å². The highest BCUT2D eigenvalue weighted by molar-refractivity contribution is 6.42. The zero-order chi connectivity index (χ0) is 20.1. The van der Waals surface area contributed by atoms with Gasteiger partial charge >= 0.3 is 0 Å². The molecule has 0 saturated heterocycles. The molecule has 0 radical (unpaired) electrons. The third-order valence-electron chi connectivity index (χ3n) is 4.33. The number of methoxy groups -OCH3 is 1. The quantitative estimate of drug-likeness (QED) is 0.404. The number of carbonyl (C=O) groups excluding carboxylic acids is 1. The van der Waals surface area contributed by atoms with Gasteiger partial charge in [0.25, 0.3) is 0 Å². The van der Waals surface area contributed by atoms with Gasteiger partial charge in [0.05, 0.1) is 23.2 Å². The van der Waals surface area contributed by atoms with Crippen molar-refractivity contribution < 1.29 is 9.53 Å². The van der Waals surface area contributed by atoms with E-state index in [1.165, 1.54) is 0 Å². The molecule has 0 saturated carbocycles. The fourth-order valence-electron chi connectivity index (χ4n) is 2.81. The molecule has 1 atom stereocenters. The summed E-state index contributed by atoms with van der Waals surface area (Å²) in [6, 6.07) is 19.5. The highest BCUT2D eigenvalue weighted by Gasteiger charge is 2.18. The summed E-state index contributed by atoms with van der Waals surface area (Å²) in [5.41, 5.74) is 2.34. The van der Waals surface area contributed by atoms with E-state index in [1.54, 1.807) is 55.6 Å². The van der Waals surface area contributed by atoms with E-state index < -0.39 is 0 Å². The van der Waals surface area contributed by atoms with Gasteiger partial charge in [0.2, 0.25) is 0 Å². The zero-order valence-corrected chi connectivity index (χ0v) is 17.4. The van der Waals surface area contributed by atoms with Gasteiger partial charge in [-0.05, 0) is 60.2 Å². The van der Waals surface area contributed by atoms with Gasteiger partial charge in [-0.15, -0.1) is 0 Å². The second-order valence-corrected chi connectivity index (χ2v) is 7.48. The van der Waals surface area contributed by atoms with Crippen molar-refractivity contribution in [2.75, 3.05) is 12.4 Å². The number of ketones is 1. The summed E-state index contributed by atoms with van der Waals surface area (Å²) in [7, 11) is 1.59. The lowest BCUT2D eigenvalue weighted by Gasteiger charge is -2.20. The van der Waals surface area contributed by atoms with E-state index in [4.69, 9.17) is 39.5 Å². The second-order valence-electron chi connectivity index (χ2n) is 6.23. The second kappa shape index (κ2) is 9.33. The summed E-state index contributed by atoms with van der Waals surface area (Å²) in [4.78, 5) is 12.9. The summed E-state index contributed by atoms with van der Waals surface area (Å²) in [5.74, 6) is 0.717. The molecular formula is C22H18Cl3NO2. The molecule has 3 nitrogen and oxygen atoms in total. The van der Waals surface area contributed by atoms with Crippen LogP contribution in [0.3, 0.4) is 0 Å². The monoisotopic (exact) mass is 433 g/mol. The normalized spacial score (nSPS) is 11.7. The van der Waals surface area contributed by atoms with Gasteiger partial charge in [0, 0.05) is 22.7 Å². The largest absolute Gasteiger partial charge is 0.497 e. The Morgan fingerprint density at radius 2 is 1.61 bits per heavy atom. The molecule has 144 valence electrons. The molecule has 3 aromatic rings. The fraction of sp³-hybridized carbons (Fsp3) is 0.136. The van der Waals surface area contributed by atoms with Crippen LogP contribution in [0.25, 0.3) is 0 Å². The molecule has 0 aliphatic rings. The smallest absolute Gasteiger partial charge is 0.165 e. The van der Waals surface area contributed by atoms with Crippen LogP contribution < -0.4 is 10.1 Å². The van der Waals surface area contributed by atoms with Crippen molar-refractivity contribution in [1.82, 2.24) is 0 Å². The van der Waals surface area contributed by atoms with Crippen LogP contribution in [0, 0.1) is 0 Å². The topological polar surface area (TPSA) is 38.3 Å². The van der Waals surface area contributed by atoms with E-state index in [2.05, 4.69) is 5.32 Å². The Morgan fingerprint density at radius 1 is 0.929 bits per heavy atom. The van der Waals surface area contributed by atoms with E-state index in [0.29, 0.717) is 26.4 Å². The van der Waals surface area contributed by atoms with Crippen LogP contribution in [0.2, 0.25) is 15.1 Å². The maximum Gasteiger partial charge on any atom is 0.165 e. The maximum atomic E-state index is 12.9. The van der Waals surface area contributed by atoms with Crippen LogP contribution in [-0.2, 0) is 0 Å². The number of rotatable bonds is 7. The molecule has 3 rings (SSSR count). The van der Waals surface area contributed by atoms with Crippen LogP contribution >= 0.6 is 34.8 Å². The number of halogens is 3. The molecule has 0 spiro atoms. The minimum atomic E-state index is -0.260. The van der Waals surface area contributed by atoms with Crippen molar-refractivity contribution >= 4 is 46.3 Å². The third-order valence-corrected chi connectivity index (χ3v) is 5.33. The number of anilines is 1. The molecule has 0 aliphatic heterocycles. The predicted octanol–water partition coefficient (Wildman–Crippen LogP) is 7.08. The van der Waals surface area contributed by atoms with E-state index in [0.717, 1.165) is 11.3 Å². The summed E-state index contributed by atoms with van der Waals surface area (Å²) >= 11 is 18.1. The van der Waals surface area contributed by atoms with Gasteiger partial charge in [-0.3, -0.25) is 4.79 Å². The van der Waals surface area contributed by atoms with E-state index in [9.17, 15) is 4.79 Å². The molecule has 1 N–H and O–H groups in total. The SMILES string of the molecule is COc1ccc(C(=O)C[C@H](Nc2ccc(Cl)c(Cl)c2)c2ccc(Cl)cc2)cc1. The summed E-state index contributed by atoms with van der Waals surface area (Å²) in [6.07, 6.45) is 0.258. The Balaban J connectivity index is 1.85. The molecular weight excluding hydrogens is 417 g/mol. The fourth-order valence-corrected chi connectivity index (χ4v) is 3.24. The Labute approximate surface area is 179 Å². The van der Waals surface area contributed by atoms with Crippen LogP contribution in [0.15, 0.2) is 66.7 Å². The minimum absolute atomic E-state index is 0.00941. The number of hydrogen-bond acceptors (Lipinski definition) is 3. The molecule has 0 unspecified atom stereocenters. The molecule has 6 heteroatoms. The van der Waals surface area contributed by atoms with Gasteiger partial charge < -0.3 is 10.1 Å². The van der Waals surface area contributed by atoms with Crippen molar-refractivity contribution in [3.8, 4) is 5.75 Å². The van der Waals surface area contributed by atoms with E-state index in [-0.39, 0.29) is 18.2 Å². The number of hydrogen-bond donors (Lipinski definition) is 1. The molecule has 3 aromatic carbocycles. The van der Waals surface area contributed by atoms with Gasteiger partial charge in [-0.2, -0.15) is 0 Å². The standard InChI is InChI=1S/C22H18Cl3NO2/c1-28-18-9-4-15(5-10-18)22(27)13-21(14-2-6-16(23)7-3-14)26-17-8-11-19(24)20(25)12-17/h2-12,21,26H,13H2,1H3/t21-/m0/s1. The Bertz CT molecular complexity index is 957. The summed E-state index contributed by atoms with van der Waals surface area (Å²) < 4.78 is 5.15. The highest BCUT2D eigenvalue weighted by atomic mass is 35.5. The highest BCUT2D eigenvalue weighted by Crippen LogP contribution is 2.30. The molecule has 0 aromatic heterocycles. The number of nitrogens with one attached hydrogen (secondary N) is 1. The first-order valence-electron chi connectivity index (χ1n) is 8.60. The molecule has 0 bridgehead atoms. The van der Waals surface area contributed by atoms with Crippen molar-refractivity contribution in [1.29, 1.82) is 0 Å². The van der Waals surface area contributed by atoms with Crippen LogP contribution in [0.5, 0.6) is 5.75 Å². The van der Waals surface area contributed by atoms with Crippen LogP contribution in [-0.4, -0.2) is 12.9 Å². The molecule has 0 heterocycles. The van der Waals surface area contributed by atoms with Crippen molar-refractivity contribution in [2.45, 2.75) is 12.5 Å². The van der Waals surface area contributed by atoms with Crippen molar-refractivity contribution in [3.05, 3.63) is 92.9 Å². The summed E-state index contributed by atoms with van der Waals surface area (Å²) in [5, 5.41) is 4.94. The zero-order valence-electron chi connectivity index (χ0n) is 15.1. The van der Waals surface area contributed by atoms with E-state index in [1.807, 2.05) is 18.2 Å². The van der Waals surface area contributed by atoms with Gasteiger partial charge in [-0.25, -0.2) is 0 Å². The van der Waals surface area contributed by atoms with Gasteiger partial charge in [-0.1, -0.05) is 46.9 Å². The lowest BCUT2D eigenvalue weighted by molar-refractivity contribution is 0.0976. The Morgan fingerprint density at radius 3 is 2.21 bits per heavy atom. The van der Waals surface area contributed by atoms with Crippen LogP contribution in [0.4, 0.5) is 5.69 Å². The summed E-state index contributed by atoms with van der Waals surface area (Å²) in [6.45, 7) is 0. The number of Topliss-reactive ketones (excluding diaryl/α,β-unsaturated/α-hetero) is 1. The first-order valence-corrected chi connectivity index (χ1v) is 9.74. The average Bonchev–Trinajstić information content (AvgIpc) is 2.71. The lowest BCUT2D eigenvalue weighted by atomic mass is 9.97. The minimum Gasteiger partial charge on any atom is -0.497 e. The first-order chi connectivity index (χ1) is 13.5. The third kappa shape index (κ3) is 5.20. The number of carbonyl (C=O) groups is 1. The molecule has 0 amide bonds. The average molecular weight is 435 g/mol. The number of benzene rings is 3. The lowest BCUT2D eigenvalue weighted by Crippen LogP contribution is -2.16.